The minimum atomic E-state index is -0.186. The zero-order valence-corrected chi connectivity index (χ0v) is 12.2. The van der Waals surface area contributed by atoms with Gasteiger partial charge in [-0.1, -0.05) is 23.7 Å². The first-order valence-electron chi connectivity index (χ1n) is 5.19. The van der Waals surface area contributed by atoms with Gasteiger partial charge in [0.25, 0.3) is 5.91 Å². The molecule has 18 heavy (non-hydrogen) atoms. The topological polar surface area (TPSA) is 55.1 Å². The number of halogens is 2. The van der Waals surface area contributed by atoms with E-state index in [9.17, 15) is 4.79 Å². The monoisotopic (exact) mass is 372 g/mol. The molecule has 0 radical (unpaired) electrons. The molecule has 2 rings (SSSR count). The van der Waals surface area contributed by atoms with Gasteiger partial charge in [-0.25, -0.2) is 0 Å². The van der Waals surface area contributed by atoms with Gasteiger partial charge in [0.05, 0.1) is 16.9 Å². The molecule has 0 saturated heterocycles. The quantitative estimate of drug-likeness (QED) is 0.623. The molecule has 3 nitrogen and oxygen atoms in total. The SMILES string of the molecule is Nc1cc(Cl)ccc1NC(=O)c1ccccc1I. The Morgan fingerprint density at radius 1 is 1.22 bits per heavy atom. The molecule has 0 bridgehead atoms. The second-order valence-electron chi connectivity index (χ2n) is 3.67. The minimum absolute atomic E-state index is 0.186. The number of nitrogens with one attached hydrogen (secondary N) is 1. The number of carbonyl (C=O) groups excluding carboxylic acids is 1. The average Bonchev–Trinajstić information content (AvgIpc) is 2.33. The van der Waals surface area contributed by atoms with Gasteiger partial charge in [-0.2, -0.15) is 0 Å². The maximum Gasteiger partial charge on any atom is 0.256 e. The van der Waals surface area contributed by atoms with Crippen molar-refractivity contribution < 1.29 is 4.79 Å². The summed E-state index contributed by atoms with van der Waals surface area (Å²) in [4.78, 5) is 12.1. The van der Waals surface area contributed by atoms with Crippen molar-refractivity contribution in [1.82, 2.24) is 0 Å². The van der Waals surface area contributed by atoms with Gasteiger partial charge in [0.1, 0.15) is 0 Å². The van der Waals surface area contributed by atoms with E-state index in [4.69, 9.17) is 17.3 Å². The first-order chi connectivity index (χ1) is 8.58. The van der Waals surface area contributed by atoms with Gasteiger partial charge in [0.2, 0.25) is 0 Å². The second kappa shape index (κ2) is 5.58. The number of hydrogen-bond donors (Lipinski definition) is 2. The smallest absolute Gasteiger partial charge is 0.256 e. The van der Waals surface area contributed by atoms with Gasteiger partial charge in [-0.3, -0.25) is 4.79 Å². The highest BCUT2D eigenvalue weighted by atomic mass is 127. The van der Waals surface area contributed by atoms with Crippen LogP contribution >= 0.6 is 34.2 Å². The van der Waals surface area contributed by atoms with Crippen LogP contribution in [-0.4, -0.2) is 5.91 Å². The van der Waals surface area contributed by atoms with E-state index in [1.807, 2.05) is 18.2 Å². The summed E-state index contributed by atoms with van der Waals surface area (Å²) in [6.07, 6.45) is 0. The standard InChI is InChI=1S/C13H10ClIN2O/c14-8-5-6-12(11(16)7-8)17-13(18)9-3-1-2-4-10(9)15/h1-7H,16H2,(H,17,18). The Morgan fingerprint density at radius 2 is 1.94 bits per heavy atom. The number of amides is 1. The van der Waals surface area contributed by atoms with Crippen molar-refractivity contribution in [2.75, 3.05) is 11.1 Å². The fourth-order valence-corrected chi connectivity index (χ4v) is 2.30. The molecule has 0 aliphatic carbocycles. The van der Waals surface area contributed by atoms with Crippen LogP contribution in [0.25, 0.3) is 0 Å². The van der Waals surface area contributed by atoms with Crippen LogP contribution in [0.2, 0.25) is 5.02 Å². The fraction of sp³-hybridized carbons (Fsp3) is 0. The first-order valence-corrected chi connectivity index (χ1v) is 6.64. The zero-order valence-electron chi connectivity index (χ0n) is 9.28. The Balaban J connectivity index is 2.24. The summed E-state index contributed by atoms with van der Waals surface area (Å²) in [6, 6.07) is 12.3. The molecule has 0 fully saturated rings. The van der Waals surface area contributed by atoms with Crippen molar-refractivity contribution in [2.24, 2.45) is 0 Å². The van der Waals surface area contributed by atoms with Crippen molar-refractivity contribution in [3.05, 3.63) is 56.6 Å². The summed E-state index contributed by atoms with van der Waals surface area (Å²) < 4.78 is 0.889. The lowest BCUT2D eigenvalue weighted by Crippen LogP contribution is -2.14. The van der Waals surface area contributed by atoms with Gasteiger partial charge in [-0.15, -0.1) is 0 Å². The molecule has 2 aromatic carbocycles. The zero-order chi connectivity index (χ0) is 13.1. The Kier molecular flexibility index (Phi) is 4.08. The molecule has 0 spiro atoms. The number of rotatable bonds is 2. The molecule has 2 aromatic rings. The highest BCUT2D eigenvalue weighted by Crippen LogP contribution is 2.23. The lowest BCUT2D eigenvalue weighted by atomic mass is 10.2. The predicted octanol–water partition coefficient (Wildman–Crippen LogP) is 3.78. The van der Waals surface area contributed by atoms with Crippen molar-refractivity contribution >= 4 is 51.5 Å². The second-order valence-corrected chi connectivity index (χ2v) is 5.26. The summed E-state index contributed by atoms with van der Waals surface area (Å²) >= 11 is 7.92. The van der Waals surface area contributed by atoms with Crippen LogP contribution in [0.5, 0.6) is 0 Å². The number of hydrogen-bond acceptors (Lipinski definition) is 2. The number of benzene rings is 2. The lowest BCUT2D eigenvalue weighted by Gasteiger charge is -2.09. The van der Waals surface area contributed by atoms with E-state index in [1.54, 1.807) is 24.3 Å². The van der Waals surface area contributed by atoms with Gasteiger partial charge in [0.15, 0.2) is 0 Å². The summed E-state index contributed by atoms with van der Waals surface area (Å²) in [5, 5.41) is 3.31. The molecule has 0 aliphatic rings. The van der Waals surface area contributed by atoms with Crippen molar-refractivity contribution in [1.29, 1.82) is 0 Å². The maximum absolute atomic E-state index is 12.1. The van der Waals surface area contributed by atoms with E-state index in [0.717, 1.165) is 3.57 Å². The maximum atomic E-state index is 12.1. The molecule has 0 unspecified atom stereocenters. The summed E-state index contributed by atoms with van der Waals surface area (Å²) in [5.41, 5.74) is 7.41. The lowest BCUT2D eigenvalue weighted by molar-refractivity contribution is 0.102. The van der Waals surface area contributed by atoms with Crippen molar-refractivity contribution in [3.8, 4) is 0 Å². The number of carbonyl (C=O) groups is 1. The molecule has 0 atom stereocenters. The highest BCUT2D eigenvalue weighted by molar-refractivity contribution is 14.1. The van der Waals surface area contributed by atoms with Gasteiger partial charge in [0, 0.05) is 8.59 Å². The summed E-state index contributed by atoms with van der Waals surface area (Å²) in [6.45, 7) is 0. The molecule has 92 valence electrons. The van der Waals surface area contributed by atoms with E-state index in [2.05, 4.69) is 27.9 Å². The van der Waals surface area contributed by atoms with Crippen molar-refractivity contribution in [3.63, 3.8) is 0 Å². The van der Waals surface area contributed by atoms with Crippen LogP contribution in [-0.2, 0) is 0 Å². The van der Waals surface area contributed by atoms with Gasteiger partial charge >= 0.3 is 0 Å². The van der Waals surface area contributed by atoms with Gasteiger partial charge in [-0.05, 0) is 52.9 Å². The van der Waals surface area contributed by atoms with E-state index in [-0.39, 0.29) is 5.91 Å². The van der Waals surface area contributed by atoms with E-state index in [1.165, 1.54) is 0 Å². The van der Waals surface area contributed by atoms with Crippen LogP contribution < -0.4 is 11.1 Å². The molecule has 0 heterocycles. The van der Waals surface area contributed by atoms with E-state index < -0.39 is 0 Å². The average molecular weight is 373 g/mol. The first kappa shape index (κ1) is 13.2. The van der Waals surface area contributed by atoms with Crippen LogP contribution in [0.1, 0.15) is 10.4 Å². The molecule has 0 aliphatic heterocycles. The minimum Gasteiger partial charge on any atom is -0.397 e. The van der Waals surface area contributed by atoms with Crippen molar-refractivity contribution in [2.45, 2.75) is 0 Å². The van der Waals surface area contributed by atoms with Crippen LogP contribution in [0.15, 0.2) is 42.5 Å². The Bertz CT molecular complexity index is 601. The van der Waals surface area contributed by atoms with E-state index in [0.29, 0.717) is 22.0 Å². The Morgan fingerprint density at radius 3 is 2.61 bits per heavy atom. The largest absolute Gasteiger partial charge is 0.397 e. The predicted molar refractivity (Wildman–Crippen MR) is 83.0 cm³/mol. The third kappa shape index (κ3) is 2.94. The molecular weight excluding hydrogens is 363 g/mol. The Labute approximate surface area is 123 Å². The number of nitrogens with two attached hydrogens (primary N) is 1. The molecular formula is C13H10ClIN2O. The van der Waals surface area contributed by atoms with Crippen LogP contribution in [0.3, 0.4) is 0 Å². The molecule has 0 aromatic heterocycles. The fourth-order valence-electron chi connectivity index (χ4n) is 1.48. The third-order valence-electron chi connectivity index (χ3n) is 2.38. The molecule has 3 N–H and O–H groups in total. The molecule has 0 saturated carbocycles. The Hall–Kier alpha value is -1.27. The summed E-state index contributed by atoms with van der Waals surface area (Å²) in [7, 11) is 0. The third-order valence-corrected chi connectivity index (χ3v) is 3.56. The summed E-state index contributed by atoms with van der Waals surface area (Å²) in [5.74, 6) is -0.186. The number of nitrogen functional groups attached to an aromatic ring is 1. The highest BCUT2D eigenvalue weighted by Gasteiger charge is 2.10. The normalized spacial score (nSPS) is 10.1. The number of anilines is 2. The molecule has 5 heteroatoms. The van der Waals surface area contributed by atoms with Gasteiger partial charge < -0.3 is 11.1 Å². The van der Waals surface area contributed by atoms with Crippen LogP contribution in [0, 0.1) is 3.57 Å². The van der Waals surface area contributed by atoms with E-state index >= 15 is 0 Å². The van der Waals surface area contributed by atoms with Crippen LogP contribution in [0.4, 0.5) is 11.4 Å². The molecule has 1 amide bonds.